The van der Waals surface area contributed by atoms with Crippen LogP contribution in [0.2, 0.25) is 0 Å². The van der Waals surface area contributed by atoms with Crippen LogP contribution in [0.4, 0.5) is 5.69 Å². The second kappa shape index (κ2) is 5.80. The molecule has 1 atom stereocenters. The zero-order chi connectivity index (χ0) is 13.9. The summed E-state index contributed by atoms with van der Waals surface area (Å²) in [5.74, 6) is 0.800. The smallest absolute Gasteiger partial charge is 0.119 e. The SMILES string of the molecule is C[C@@H]1CN(c2ccc(OCC(C)(C)O)cc2)CCN1. The van der Waals surface area contributed by atoms with E-state index in [0.717, 1.165) is 25.4 Å². The summed E-state index contributed by atoms with van der Waals surface area (Å²) >= 11 is 0. The predicted octanol–water partition coefficient (Wildman–Crippen LogP) is 1.63. The van der Waals surface area contributed by atoms with E-state index in [-0.39, 0.29) is 0 Å². The number of anilines is 1. The number of aliphatic hydroxyl groups is 1. The first-order valence-electron chi connectivity index (χ1n) is 6.88. The second-order valence-electron chi connectivity index (χ2n) is 5.90. The second-order valence-corrected chi connectivity index (χ2v) is 5.90. The average Bonchev–Trinajstić information content (AvgIpc) is 2.36. The molecule has 1 fully saturated rings. The molecule has 0 bridgehead atoms. The summed E-state index contributed by atoms with van der Waals surface area (Å²) in [6.45, 7) is 9.08. The van der Waals surface area contributed by atoms with Crippen molar-refractivity contribution in [1.82, 2.24) is 5.32 Å². The summed E-state index contributed by atoms with van der Waals surface area (Å²) in [5.41, 5.74) is 0.427. The number of hydrogen-bond acceptors (Lipinski definition) is 4. The van der Waals surface area contributed by atoms with Gasteiger partial charge in [0.05, 0.1) is 5.60 Å². The van der Waals surface area contributed by atoms with Gasteiger partial charge in [0.2, 0.25) is 0 Å². The van der Waals surface area contributed by atoms with E-state index in [4.69, 9.17) is 4.74 Å². The summed E-state index contributed by atoms with van der Waals surface area (Å²) in [4.78, 5) is 2.38. The maximum Gasteiger partial charge on any atom is 0.119 e. The van der Waals surface area contributed by atoms with Crippen molar-refractivity contribution in [3.05, 3.63) is 24.3 Å². The lowest BCUT2D eigenvalue weighted by atomic mass is 10.1. The largest absolute Gasteiger partial charge is 0.491 e. The van der Waals surface area contributed by atoms with E-state index in [1.165, 1.54) is 5.69 Å². The van der Waals surface area contributed by atoms with Crippen LogP contribution in [0.15, 0.2) is 24.3 Å². The van der Waals surface area contributed by atoms with Crippen molar-refractivity contribution in [3.8, 4) is 5.75 Å². The molecule has 0 amide bonds. The Hall–Kier alpha value is -1.26. The van der Waals surface area contributed by atoms with Crippen molar-refractivity contribution in [2.24, 2.45) is 0 Å². The van der Waals surface area contributed by atoms with Gasteiger partial charge < -0.3 is 20.1 Å². The van der Waals surface area contributed by atoms with Crippen molar-refractivity contribution in [2.75, 3.05) is 31.1 Å². The molecule has 0 spiro atoms. The molecule has 2 N–H and O–H groups in total. The predicted molar refractivity (Wildman–Crippen MR) is 77.9 cm³/mol. The molecule has 106 valence electrons. The molecule has 0 aromatic heterocycles. The fourth-order valence-electron chi connectivity index (χ4n) is 2.18. The number of piperazine rings is 1. The molecule has 4 heteroatoms. The maximum atomic E-state index is 9.63. The lowest BCUT2D eigenvalue weighted by Gasteiger charge is -2.33. The number of rotatable bonds is 4. The molecule has 1 aliphatic heterocycles. The minimum atomic E-state index is -0.799. The van der Waals surface area contributed by atoms with Gasteiger partial charge in [0, 0.05) is 31.4 Å². The van der Waals surface area contributed by atoms with E-state index in [1.54, 1.807) is 13.8 Å². The minimum absolute atomic E-state index is 0.303. The number of hydrogen-bond donors (Lipinski definition) is 2. The molecular weight excluding hydrogens is 240 g/mol. The van der Waals surface area contributed by atoms with Gasteiger partial charge in [0.15, 0.2) is 0 Å². The Bertz CT molecular complexity index is 398. The van der Waals surface area contributed by atoms with Crippen molar-refractivity contribution >= 4 is 5.69 Å². The van der Waals surface area contributed by atoms with Gasteiger partial charge in [-0.2, -0.15) is 0 Å². The van der Waals surface area contributed by atoms with Crippen molar-refractivity contribution in [3.63, 3.8) is 0 Å². The number of ether oxygens (including phenoxy) is 1. The van der Waals surface area contributed by atoms with Crippen molar-refractivity contribution < 1.29 is 9.84 Å². The number of nitrogens with zero attached hydrogens (tertiary/aromatic N) is 1. The molecule has 0 saturated carbocycles. The lowest BCUT2D eigenvalue weighted by molar-refractivity contribution is 0.0285. The summed E-state index contributed by atoms with van der Waals surface area (Å²) < 4.78 is 5.55. The zero-order valence-electron chi connectivity index (χ0n) is 12.0. The van der Waals surface area contributed by atoms with Crippen LogP contribution in [0.25, 0.3) is 0 Å². The topological polar surface area (TPSA) is 44.7 Å². The zero-order valence-corrected chi connectivity index (χ0v) is 12.0. The molecule has 1 aromatic carbocycles. The van der Waals surface area contributed by atoms with Crippen molar-refractivity contribution in [2.45, 2.75) is 32.4 Å². The summed E-state index contributed by atoms with van der Waals surface area (Å²) in [6, 6.07) is 8.62. The monoisotopic (exact) mass is 264 g/mol. The van der Waals surface area contributed by atoms with Crippen LogP contribution in [-0.2, 0) is 0 Å². The molecular formula is C15H24N2O2. The van der Waals surface area contributed by atoms with Crippen LogP contribution < -0.4 is 15.0 Å². The number of benzene rings is 1. The highest BCUT2D eigenvalue weighted by Gasteiger charge is 2.16. The van der Waals surface area contributed by atoms with Gasteiger partial charge >= 0.3 is 0 Å². The highest BCUT2D eigenvalue weighted by Crippen LogP contribution is 2.21. The van der Waals surface area contributed by atoms with E-state index in [9.17, 15) is 5.11 Å². The first-order valence-corrected chi connectivity index (χ1v) is 6.88. The van der Waals surface area contributed by atoms with Crippen LogP contribution in [0.5, 0.6) is 5.75 Å². The van der Waals surface area contributed by atoms with Gasteiger partial charge in [-0.05, 0) is 45.0 Å². The van der Waals surface area contributed by atoms with Gasteiger partial charge in [0.25, 0.3) is 0 Å². The van der Waals surface area contributed by atoms with Crippen LogP contribution in [0, 0.1) is 0 Å². The van der Waals surface area contributed by atoms with Crippen LogP contribution in [0.3, 0.4) is 0 Å². The van der Waals surface area contributed by atoms with Crippen molar-refractivity contribution in [1.29, 1.82) is 0 Å². The van der Waals surface area contributed by atoms with Crippen LogP contribution in [-0.4, -0.2) is 43.0 Å². The third-order valence-corrected chi connectivity index (χ3v) is 3.16. The normalized spacial score (nSPS) is 20.4. The van der Waals surface area contributed by atoms with Gasteiger partial charge in [-0.15, -0.1) is 0 Å². The third kappa shape index (κ3) is 4.40. The molecule has 0 radical (unpaired) electrons. The Morgan fingerprint density at radius 2 is 2.05 bits per heavy atom. The Kier molecular flexibility index (Phi) is 4.32. The molecule has 1 aliphatic rings. The molecule has 4 nitrogen and oxygen atoms in total. The quantitative estimate of drug-likeness (QED) is 0.867. The highest BCUT2D eigenvalue weighted by atomic mass is 16.5. The molecule has 1 saturated heterocycles. The highest BCUT2D eigenvalue weighted by molar-refractivity contribution is 5.49. The summed E-state index contributed by atoms with van der Waals surface area (Å²) in [7, 11) is 0. The van der Waals surface area contributed by atoms with E-state index >= 15 is 0 Å². The van der Waals surface area contributed by atoms with E-state index in [0.29, 0.717) is 12.6 Å². The molecule has 0 aliphatic carbocycles. The van der Waals surface area contributed by atoms with Crippen LogP contribution >= 0.6 is 0 Å². The fraction of sp³-hybridized carbons (Fsp3) is 0.600. The standard InChI is InChI=1S/C15H24N2O2/c1-12-10-17(9-8-16-12)13-4-6-14(7-5-13)19-11-15(2,3)18/h4-7,12,16,18H,8-11H2,1-3H3/t12-/m1/s1. The van der Waals surface area contributed by atoms with Gasteiger partial charge in [0.1, 0.15) is 12.4 Å². The van der Waals surface area contributed by atoms with Gasteiger partial charge in [-0.25, -0.2) is 0 Å². The van der Waals surface area contributed by atoms with E-state index in [1.807, 2.05) is 12.1 Å². The molecule has 0 unspecified atom stereocenters. The summed E-state index contributed by atoms with van der Waals surface area (Å²) in [6.07, 6.45) is 0. The van der Waals surface area contributed by atoms with Gasteiger partial charge in [-0.1, -0.05) is 0 Å². The molecule has 19 heavy (non-hydrogen) atoms. The maximum absolute atomic E-state index is 9.63. The summed E-state index contributed by atoms with van der Waals surface area (Å²) in [5, 5.41) is 13.1. The van der Waals surface area contributed by atoms with E-state index < -0.39 is 5.60 Å². The van der Waals surface area contributed by atoms with Crippen LogP contribution in [0.1, 0.15) is 20.8 Å². The number of nitrogens with one attached hydrogen (secondary N) is 1. The molecule has 1 heterocycles. The Labute approximate surface area is 115 Å². The van der Waals surface area contributed by atoms with E-state index in [2.05, 4.69) is 29.3 Å². The first-order chi connectivity index (χ1) is 8.94. The fourth-order valence-corrected chi connectivity index (χ4v) is 2.18. The molecule has 1 aromatic rings. The minimum Gasteiger partial charge on any atom is -0.491 e. The Balaban J connectivity index is 1.94. The van der Waals surface area contributed by atoms with Gasteiger partial charge in [-0.3, -0.25) is 0 Å². The Morgan fingerprint density at radius 3 is 2.63 bits per heavy atom. The Morgan fingerprint density at radius 1 is 1.37 bits per heavy atom. The lowest BCUT2D eigenvalue weighted by Crippen LogP contribution is -2.49. The third-order valence-electron chi connectivity index (χ3n) is 3.16. The first kappa shape index (κ1) is 14.2. The molecule has 2 rings (SSSR count). The average molecular weight is 264 g/mol.